The molecule has 0 aliphatic rings. The number of nitrogens with zero attached hydrogens (tertiary/aromatic N) is 2. The van der Waals surface area contributed by atoms with E-state index in [1.165, 1.54) is 11.8 Å². The SMILES string of the molecule is COc1ccc(Cc2nnc(S[C@@H](C)C(=O)Nc3cccc(Cl)c3C)o2)cc1. The van der Waals surface area contributed by atoms with Crippen molar-refractivity contribution < 1.29 is 13.9 Å². The Morgan fingerprint density at radius 3 is 2.71 bits per heavy atom. The fraction of sp³-hybridized carbons (Fsp3) is 0.250. The van der Waals surface area contributed by atoms with Crippen LogP contribution in [0.4, 0.5) is 5.69 Å². The summed E-state index contributed by atoms with van der Waals surface area (Å²) in [6.07, 6.45) is 0.514. The molecule has 1 heterocycles. The molecule has 0 unspecified atom stereocenters. The number of rotatable bonds is 7. The number of hydrogen-bond donors (Lipinski definition) is 1. The number of benzene rings is 2. The summed E-state index contributed by atoms with van der Waals surface area (Å²) in [5, 5.41) is 11.5. The molecule has 1 amide bonds. The van der Waals surface area contributed by atoms with Gasteiger partial charge in [0.25, 0.3) is 5.22 Å². The van der Waals surface area contributed by atoms with Crippen molar-refractivity contribution in [3.8, 4) is 5.75 Å². The van der Waals surface area contributed by atoms with Crippen LogP contribution in [0.25, 0.3) is 0 Å². The van der Waals surface area contributed by atoms with Gasteiger partial charge in [-0.3, -0.25) is 4.79 Å². The highest BCUT2D eigenvalue weighted by Gasteiger charge is 2.19. The lowest BCUT2D eigenvalue weighted by molar-refractivity contribution is -0.115. The number of methoxy groups -OCH3 is 1. The Morgan fingerprint density at radius 1 is 1.25 bits per heavy atom. The maximum Gasteiger partial charge on any atom is 0.277 e. The second-order valence-electron chi connectivity index (χ2n) is 6.15. The lowest BCUT2D eigenvalue weighted by Crippen LogP contribution is -2.22. The zero-order valence-electron chi connectivity index (χ0n) is 15.7. The van der Waals surface area contributed by atoms with Gasteiger partial charge in [0.05, 0.1) is 18.8 Å². The predicted molar refractivity (Wildman–Crippen MR) is 110 cm³/mol. The molecular weight excluding hydrogens is 398 g/mol. The summed E-state index contributed by atoms with van der Waals surface area (Å²) in [6, 6.07) is 13.0. The average Bonchev–Trinajstić information content (AvgIpc) is 3.12. The number of hydrogen-bond acceptors (Lipinski definition) is 6. The normalized spacial score (nSPS) is 11.9. The Morgan fingerprint density at radius 2 is 2.00 bits per heavy atom. The van der Waals surface area contributed by atoms with Crippen molar-refractivity contribution in [1.29, 1.82) is 0 Å². The zero-order chi connectivity index (χ0) is 20.1. The van der Waals surface area contributed by atoms with Gasteiger partial charge in [-0.2, -0.15) is 0 Å². The van der Waals surface area contributed by atoms with Crippen LogP contribution in [0, 0.1) is 6.92 Å². The highest BCUT2D eigenvalue weighted by atomic mass is 35.5. The molecule has 0 aliphatic heterocycles. The molecular formula is C20H20ClN3O3S. The molecule has 0 saturated heterocycles. The highest BCUT2D eigenvalue weighted by molar-refractivity contribution is 8.00. The van der Waals surface area contributed by atoms with Crippen molar-refractivity contribution in [1.82, 2.24) is 10.2 Å². The maximum atomic E-state index is 12.5. The fourth-order valence-electron chi connectivity index (χ4n) is 2.46. The Hall–Kier alpha value is -2.51. The molecule has 0 spiro atoms. The molecule has 0 saturated carbocycles. The summed E-state index contributed by atoms with van der Waals surface area (Å²) in [5.74, 6) is 1.12. The van der Waals surface area contributed by atoms with Gasteiger partial charge in [-0.1, -0.05) is 41.6 Å². The number of thioether (sulfide) groups is 1. The number of aromatic nitrogens is 2. The minimum Gasteiger partial charge on any atom is -0.497 e. The minimum absolute atomic E-state index is 0.162. The van der Waals surface area contributed by atoms with Crippen molar-refractivity contribution in [3.05, 3.63) is 64.5 Å². The summed E-state index contributed by atoms with van der Waals surface area (Å²) >= 11 is 7.31. The number of carbonyl (C=O) groups is 1. The summed E-state index contributed by atoms with van der Waals surface area (Å²) in [4.78, 5) is 12.5. The van der Waals surface area contributed by atoms with E-state index in [9.17, 15) is 4.79 Å². The van der Waals surface area contributed by atoms with E-state index in [1.807, 2.05) is 37.3 Å². The summed E-state index contributed by atoms with van der Waals surface area (Å²) in [5.41, 5.74) is 2.55. The van der Waals surface area contributed by atoms with Crippen molar-refractivity contribution >= 4 is 35.0 Å². The molecule has 1 aromatic heterocycles. The average molecular weight is 418 g/mol. The molecule has 6 nitrogen and oxygen atoms in total. The minimum atomic E-state index is -0.410. The molecule has 8 heteroatoms. The number of carbonyl (C=O) groups excluding carboxylic acids is 1. The van der Waals surface area contributed by atoms with Gasteiger partial charge < -0.3 is 14.5 Å². The van der Waals surface area contributed by atoms with Crippen LogP contribution in [0.1, 0.15) is 23.9 Å². The van der Waals surface area contributed by atoms with Crippen molar-refractivity contribution in [2.24, 2.45) is 0 Å². The standard InChI is InChI=1S/C20H20ClN3O3S/c1-12-16(21)5-4-6-17(12)22-19(25)13(2)28-20-24-23-18(27-20)11-14-7-9-15(26-3)10-8-14/h4-10,13H,11H2,1-3H3,(H,22,25)/t13-/m0/s1. The van der Waals surface area contributed by atoms with Crippen LogP contribution in [-0.2, 0) is 11.2 Å². The van der Waals surface area contributed by atoms with Crippen LogP contribution in [-0.4, -0.2) is 28.5 Å². The maximum absolute atomic E-state index is 12.5. The number of amides is 1. The first-order valence-electron chi connectivity index (χ1n) is 8.64. The third-order valence-corrected chi connectivity index (χ3v) is 5.48. The molecule has 0 radical (unpaired) electrons. The number of nitrogens with one attached hydrogen (secondary N) is 1. The Balaban J connectivity index is 1.59. The molecule has 1 N–H and O–H groups in total. The molecule has 28 heavy (non-hydrogen) atoms. The monoisotopic (exact) mass is 417 g/mol. The van der Waals surface area contributed by atoms with Gasteiger partial charge in [0.15, 0.2) is 0 Å². The molecule has 0 bridgehead atoms. The predicted octanol–water partition coefficient (Wildman–Crippen LogP) is 4.75. The van der Waals surface area contributed by atoms with Gasteiger partial charge in [-0.25, -0.2) is 0 Å². The first-order valence-corrected chi connectivity index (χ1v) is 9.90. The van der Waals surface area contributed by atoms with Gasteiger partial charge in [-0.15, -0.1) is 10.2 Å². The van der Waals surface area contributed by atoms with Crippen LogP contribution in [0.5, 0.6) is 5.75 Å². The van der Waals surface area contributed by atoms with Crippen LogP contribution in [0.2, 0.25) is 5.02 Å². The molecule has 0 aliphatic carbocycles. The molecule has 1 atom stereocenters. The Labute approximate surface area is 172 Å². The van der Waals surface area contributed by atoms with Gasteiger partial charge in [-0.05, 0) is 49.2 Å². The van der Waals surface area contributed by atoms with Crippen molar-refractivity contribution in [2.75, 3.05) is 12.4 Å². The second kappa shape index (κ2) is 9.12. The fourth-order valence-corrected chi connectivity index (χ4v) is 3.33. The van der Waals surface area contributed by atoms with Gasteiger partial charge >= 0.3 is 0 Å². The summed E-state index contributed by atoms with van der Waals surface area (Å²) < 4.78 is 10.8. The third kappa shape index (κ3) is 5.05. The number of halogens is 1. The number of anilines is 1. The van der Waals surface area contributed by atoms with Crippen LogP contribution in [0.15, 0.2) is 52.1 Å². The smallest absolute Gasteiger partial charge is 0.277 e. The first kappa shape index (κ1) is 20.2. The van der Waals surface area contributed by atoms with Crippen molar-refractivity contribution in [3.63, 3.8) is 0 Å². The topological polar surface area (TPSA) is 77.2 Å². The van der Waals surface area contributed by atoms with E-state index in [4.69, 9.17) is 20.8 Å². The third-order valence-electron chi connectivity index (χ3n) is 4.14. The van der Waals surface area contributed by atoms with Crippen LogP contribution >= 0.6 is 23.4 Å². The largest absolute Gasteiger partial charge is 0.497 e. The van der Waals surface area contributed by atoms with Gasteiger partial charge in [0.1, 0.15) is 5.75 Å². The lowest BCUT2D eigenvalue weighted by atomic mass is 10.1. The van der Waals surface area contributed by atoms with Gasteiger partial charge in [0.2, 0.25) is 11.8 Å². The lowest BCUT2D eigenvalue weighted by Gasteiger charge is -2.12. The molecule has 3 rings (SSSR count). The van der Waals surface area contributed by atoms with Gasteiger partial charge in [0, 0.05) is 10.7 Å². The van der Waals surface area contributed by atoms with Crippen LogP contribution in [0.3, 0.4) is 0 Å². The van der Waals surface area contributed by atoms with E-state index in [1.54, 1.807) is 26.2 Å². The highest BCUT2D eigenvalue weighted by Crippen LogP contribution is 2.26. The number of ether oxygens (including phenoxy) is 1. The quantitative estimate of drug-likeness (QED) is 0.559. The van der Waals surface area contributed by atoms with E-state index >= 15 is 0 Å². The molecule has 146 valence electrons. The van der Waals surface area contributed by atoms with E-state index < -0.39 is 5.25 Å². The van der Waals surface area contributed by atoms with E-state index in [2.05, 4.69) is 15.5 Å². The van der Waals surface area contributed by atoms with Crippen molar-refractivity contribution in [2.45, 2.75) is 30.7 Å². The summed E-state index contributed by atoms with van der Waals surface area (Å²) in [6.45, 7) is 3.65. The summed E-state index contributed by atoms with van der Waals surface area (Å²) in [7, 11) is 1.63. The van der Waals surface area contributed by atoms with E-state index in [0.29, 0.717) is 28.2 Å². The Bertz CT molecular complexity index is 960. The van der Waals surface area contributed by atoms with E-state index in [0.717, 1.165) is 16.9 Å². The first-order chi connectivity index (χ1) is 13.5. The van der Waals surface area contributed by atoms with E-state index in [-0.39, 0.29) is 5.91 Å². The van der Waals surface area contributed by atoms with Crippen LogP contribution < -0.4 is 10.1 Å². The molecule has 2 aromatic carbocycles. The zero-order valence-corrected chi connectivity index (χ0v) is 17.3. The molecule has 0 fully saturated rings. The Kier molecular flexibility index (Phi) is 6.59. The second-order valence-corrected chi connectivity index (χ2v) is 7.85. The molecule has 3 aromatic rings.